The highest BCUT2D eigenvalue weighted by atomic mass is 15.0. The van der Waals surface area contributed by atoms with Gasteiger partial charge in [0.1, 0.15) is 0 Å². The Morgan fingerprint density at radius 2 is 1.02 bits per heavy atom. The van der Waals surface area contributed by atoms with E-state index in [1.165, 1.54) is 104 Å². The van der Waals surface area contributed by atoms with E-state index in [4.69, 9.17) is 0 Å². The van der Waals surface area contributed by atoms with E-state index < -0.39 is 0 Å². The van der Waals surface area contributed by atoms with E-state index in [0.717, 1.165) is 25.7 Å². The molecule has 12 rings (SSSR count). The molecule has 0 amide bonds. The Kier molecular flexibility index (Phi) is 5.45. The molecule has 0 aliphatic heterocycles. The van der Waals surface area contributed by atoms with Gasteiger partial charge in [-0.05, 0) is 91.1 Å². The van der Waals surface area contributed by atoms with Crippen LogP contribution in [0.5, 0.6) is 0 Å². The van der Waals surface area contributed by atoms with Gasteiger partial charge in [0, 0.05) is 60.3 Å². The summed E-state index contributed by atoms with van der Waals surface area (Å²) >= 11 is 0. The predicted molar refractivity (Wildman–Crippen MR) is 217 cm³/mol. The van der Waals surface area contributed by atoms with Crippen LogP contribution < -0.4 is 0 Å². The molecule has 1 aliphatic carbocycles. The highest BCUT2D eigenvalue weighted by molar-refractivity contribution is 6.35. The van der Waals surface area contributed by atoms with Crippen molar-refractivity contribution in [1.82, 2.24) is 13.5 Å². The fourth-order valence-electron chi connectivity index (χ4n) is 9.60. The topological polar surface area (TPSA) is 14.3 Å². The van der Waals surface area contributed by atoms with Crippen molar-refractivity contribution in [2.45, 2.75) is 25.7 Å². The maximum atomic E-state index is 2.65. The number of benzene rings is 7. The van der Waals surface area contributed by atoms with Gasteiger partial charge in [-0.3, -0.25) is 0 Å². The minimum Gasteiger partial charge on any atom is -0.313 e. The van der Waals surface area contributed by atoms with Gasteiger partial charge in [-0.25, -0.2) is 0 Å². The van der Waals surface area contributed by atoms with Crippen LogP contribution in [0.25, 0.3) is 99.0 Å². The highest BCUT2D eigenvalue weighted by Gasteiger charge is 2.26. The molecule has 1 aliphatic rings. The standard InChI is InChI=1S/C48H33N3/c1-2-16-32(17-3-1)49-41-22-11-7-19-34(41)37-28-33(18-6-10-25-44(37)49)50-42-23-12-8-20-35(42)38-29-39-36-21-9-13-24-43(36)51-45-27-31-15-5-4-14-30(31)26-40(45)46(47(38)50)48(39)51/h1-5,7-9,11-17,19-24,26-29H,6,10,18,25H2. The van der Waals surface area contributed by atoms with E-state index in [1.54, 1.807) is 0 Å². The molecule has 0 radical (unpaired) electrons. The van der Waals surface area contributed by atoms with E-state index in [9.17, 15) is 0 Å². The zero-order valence-corrected chi connectivity index (χ0v) is 28.1. The Balaban J connectivity index is 1.27. The average molecular weight is 652 g/mol. The molecule has 11 aromatic rings. The van der Waals surface area contributed by atoms with E-state index in [0.29, 0.717) is 0 Å². The van der Waals surface area contributed by atoms with Crippen LogP contribution in [0.15, 0.2) is 146 Å². The number of rotatable bonds is 2. The number of nitrogens with zero attached hydrogens (tertiary/aromatic N) is 3. The molecule has 0 bridgehead atoms. The molecule has 3 heteroatoms. The second kappa shape index (κ2) is 10.1. The smallest absolute Gasteiger partial charge is 0.0642 e. The zero-order chi connectivity index (χ0) is 33.2. The molecule has 7 aromatic carbocycles. The van der Waals surface area contributed by atoms with Crippen LogP contribution in [-0.4, -0.2) is 13.5 Å². The number of allylic oxidation sites excluding steroid dienone is 1. The molecule has 0 saturated heterocycles. The number of hydrogen-bond donors (Lipinski definition) is 0. The summed E-state index contributed by atoms with van der Waals surface area (Å²) in [6.45, 7) is 0. The molecule has 0 unspecified atom stereocenters. The van der Waals surface area contributed by atoms with Crippen molar-refractivity contribution in [2.75, 3.05) is 0 Å². The molecule has 0 spiro atoms. The zero-order valence-electron chi connectivity index (χ0n) is 28.1. The molecular formula is C48H33N3. The Hall–Kier alpha value is -6.32. The first-order chi connectivity index (χ1) is 25.3. The Morgan fingerprint density at radius 3 is 1.82 bits per heavy atom. The summed E-state index contributed by atoms with van der Waals surface area (Å²) < 4.78 is 7.70. The van der Waals surface area contributed by atoms with Crippen LogP contribution in [0, 0.1) is 0 Å². The normalized spacial score (nSPS) is 14.1. The molecule has 3 nitrogen and oxygen atoms in total. The van der Waals surface area contributed by atoms with Crippen LogP contribution in [0.4, 0.5) is 0 Å². The molecule has 240 valence electrons. The second-order valence-corrected chi connectivity index (χ2v) is 14.4. The largest absolute Gasteiger partial charge is 0.313 e. The van der Waals surface area contributed by atoms with Gasteiger partial charge in [0.25, 0.3) is 0 Å². The van der Waals surface area contributed by atoms with E-state index >= 15 is 0 Å². The average Bonchev–Trinajstić information content (AvgIpc) is 3.88. The third-order valence-corrected chi connectivity index (χ3v) is 11.7. The number of aromatic nitrogens is 3. The lowest BCUT2D eigenvalue weighted by Crippen LogP contribution is -2.05. The SMILES string of the molecule is C1=C(n2c3ccccc3c3cc4c5ccccc5n5c6cc7ccccc7cc6c(c32)c45)CCCCc2c1c1ccccc1n2-c1ccccc1. The minimum absolute atomic E-state index is 1.02. The van der Waals surface area contributed by atoms with Crippen LogP contribution in [0.3, 0.4) is 0 Å². The van der Waals surface area contributed by atoms with E-state index in [1.807, 2.05) is 0 Å². The first-order valence-corrected chi connectivity index (χ1v) is 18.2. The van der Waals surface area contributed by atoms with E-state index in [-0.39, 0.29) is 0 Å². The summed E-state index contributed by atoms with van der Waals surface area (Å²) in [6, 6.07) is 54.1. The summed E-state index contributed by atoms with van der Waals surface area (Å²) in [7, 11) is 0. The van der Waals surface area contributed by atoms with Crippen molar-refractivity contribution >= 4 is 93.3 Å². The molecule has 4 aromatic heterocycles. The summed E-state index contributed by atoms with van der Waals surface area (Å²) in [5, 5.41) is 11.8. The summed E-state index contributed by atoms with van der Waals surface area (Å²) in [6.07, 6.45) is 6.90. The van der Waals surface area contributed by atoms with Gasteiger partial charge in [0.2, 0.25) is 0 Å². The van der Waals surface area contributed by atoms with Crippen LogP contribution in [0.1, 0.15) is 30.5 Å². The van der Waals surface area contributed by atoms with Crippen molar-refractivity contribution < 1.29 is 0 Å². The van der Waals surface area contributed by atoms with Crippen molar-refractivity contribution in [1.29, 1.82) is 0 Å². The third kappa shape index (κ3) is 3.63. The van der Waals surface area contributed by atoms with Gasteiger partial charge in [-0.15, -0.1) is 0 Å². The molecule has 0 N–H and O–H groups in total. The first-order valence-electron chi connectivity index (χ1n) is 18.2. The quantitative estimate of drug-likeness (QED) is 0.177. The van der Waals surface area contributed by atoms with Crippen LogP contribution >= 0.6 is 0 Å². The Bertz CT molecular complexity index is 3240. The van der Waals surface area contributed by atoms with Gasteiger partial charge in [0.15, 0.2) is 0 Å². The van der Waals surface area contributed by atoms with E-state index in [2.05, 4.69) is 165 Å². The number of fused-ring (bicyclic) bond motifs is 14. The number of hydrogen-bond acceptors (Lipinski definition) is 0. The monoisotopic (exact) mass is 651 g/mol. The molecule has 4 heterocycles. The van der Waals surface area contributed by atoms with Crippen molar-refractivity contribution in [2.24, 2.45) is 0 Å². The molecule has 51 heavy (non-hydrogen) atoms. The van der Waals surface area contributed by atoms with Crippen molar-refractivity contribution in [3.63, 3.8) is 0 Å². The molecular weight excluding hydrogens is 619 g/mol. The molecule has 0 atom stereocenters. The maximum Gasteiger partial charge on any atom is 0.0642 e. The Morgan fingerprint density at radius 1 is 0.412 bits per heavy atom. The summed E-state index contributed by atoms with van der Waals surface area (Å²) in [4.78, 5) is 0. The van der Waals surface area contributed by atoms with Crippen LogP contribution in [-0.2, 0) is 6.42 Å². The number of para-hydroxylation sites is 4. The lowest BCUT2D eigenvalue weighted by molar-refractivity contribution is 0.719. The molecule has 0 saturated carbocycles. The first kappa shape index (κ1) is 27.5. The summed E-state index contributed by atoms with van der Waals surface area (Å²) in [5.74, 6) is 0. The fourth-order valence-corrected chi connectivity index (χ4v) is 9.60. The van der Waals surface area contributed by atoms with Gasteiger partial charge in [0.05, 0.1) is 33.1 Å². The highest BCUT2D eigenvalue weighted by Crippen LogP contribution is 2.48. The maximum absolute atomic E-state index is 2.65. The molecule has 0 fully saturated rings. The lowest BCUT2D eigenvalue weighted by atomic mass is 9.99. The second-order valence-electron chi connectivity index (χ2n) is 14.4. The van der Waals surface area contributed by atoms with Crippen molar-refractivity contribution in [3.8, 4) is 5.69 Å². The third-order valence-electron chi connectivity index (χ3n) is 11.7. The van der Waals surface area contributed by atoms with Gasteiger partial charge in [-0.2, -0.15) is 0 Å². The Labute approximate surface area is 294 Å². The van der Waals surface area contributed by atoms with Gasteiger partial charge >= 0.3 is 0 Å². The van der Waals surface area contributed by atoms with Gasteiger partial charge < -0.3 is 13.5 Å². The summed E-state index contributed by atoms with van der Waals surface area (Å²) in [5.41, 5.74) is 13.1. The van der Waals surface area contributed by atoms with Gasteiger partial charge in [-0.1, -0.05) is 97.1 Å². The fraction of sp³-hybridized carbons (Fsp3) is 0.0833. The predicted octanol–water partition coefficient (Wildman–Crippen LogP) is 12.8. The minimum atomic E-state index is 1.02. The van der Waals surface area contributed by atoms with Crippen LogP contribution in [0.2, 0.25) is 0 Å². The van der Waals surface area contributed by atoms with Crippen molar-refractivity contribution in [3.05, 3.63) is 157 Å². The lowest BCUT2D eigenvalue weighted by Gasteiger charge is -2.18.